The molecule has 8 heteroatoms. The van der Waals surface area contributed by atoms with E-state index in [2.05, 4.69) is 15.0 Å². The highest BCUT2D eigenvalue weighted by Gasteiger charge is 2.23. The largest absolute Gasteiger partial charge is 0.478 e. The van der Waals surface area contributed by atoms with E-state index in [0.717, 1.165) is 0 Å². The second-order valence-corrected chi connectivity index (χ2v) is 7.37. The van der Waals surface area contributed by atoms with Gasteiger partial charge in [0.15, 0.2) is 0 Å². The van der Waals surface area contributed by atoms with Crippen molar-refractivity contribution in [3.8, 4) is 11.3 Å². The number of carbonyl (C=O) groups is 1. The second-order valence-electron chi connectivity index (χ2n) is 7.37. The molecule has 0 saturated heterocycles. The van der Waals surface area contributed by atoms with Gasteiger partial charge in [0.2, 0.25) is 0 Å². The summed E-state index contributed by atoms with van der Waals surface area (Å²) in [7, 11) is 0. The Hall–Kier alpha value is -4.46. The Morgan fingerprint density at radius 3 is 2.27 bits per heavy atom. The Kier molecular flexibility index (Phi) is 5.10. The minimum absolute atomic E-state index is 0.0433. The lowest BCUT2D eigenvalue weighted by atomic mass is 9.95. The summed E-state index contributed by atoms with van der Waals surface area (Å²) in [6.45, 7) is 0.202. The van der Waals surface area contributed by atoms with Crippen LogP contribution in [0.4, 0.5) is 20.5 Å². The van der Waals surface area contributed by atoms with Gasteiger partial charge in [0, 0.05) is 28.5 Å². The number of rotatable bonds is 4. The molecule has 0 fully saturated rings. The molecule has 0 saturated carbocycles. The third-order valence-electron chi connectivity index (χ3n) is 5.34. The summed E-state index contributed by atoms with van der Waals surface area (Å²) in [5.74, 6) is -1.69. The Bertz CT molecular complexity index is 1400. The maximum Gasteiger partial charge on any atom is 0.335 e. The fourth-order valence-corrected chi connectivity index (χ4v) is 3.72. The van der Waals surface area contributed by atoms with Crippen molar-refractivity contribution in [2.75, 3.05) is 5.12 Å². The molecule has 4 aromatic rings. The van der Waals surface area contributed by atoms with Gasteiger partial charge in [-0.2, -0.15) is 0 Å². The Labute approximate surface area is 187 Å². The van der Waals surface area contributed by atoms with Crippen LogP contribution in [-0.4, -0.2) is 26.8 Å². The van der Waals surface area contributed by atoms with Crippen molar-refractivity contribution in [3.63, 3.8) is 0 Å². The molecular formula is C25H16F2N4O2. The molecule has 0 atom stereocenters. The lowest BCUT2D eigenvalue weighted by molar-refractivity contribution is 0.0697. The van der Waals surface area contributed by atoms with Gasteiger partial charge in [0.05, 0.1) is 29.2 Å². The third-order valence-corrected chi connectivity index (χ3v) is 5.34. The van der Waals surface area contributed by atoms with E-state index in [1.807, 2.05) is 24.3 Å². The molecule has 0 unspecified atom stereocenters. The van der Waals surface area contributed by atoms with Crippen LogP contribution in [0.3, 0.4) is 0 Å². The highest BCUT2D eigenvalue weighted by atomic mass is 19.2. The van der Waals surface area contributed by atoms with Crippen LogP contribution in [0.25, 0.3) is 11.3 Å². The lowest BCUT2D eigenvalue weighted by Crippen LogP contribution is -2.10. The van der Waals surface area contributed by atoms with Crippen LogP contribution in [-0.2, 0) is 6.54 Å². The quantitative estimate of drug-likeness (QED) is 0.431. The van der Waals surface area contributed by atoms with Gasteiger partial charge in [-0.05, 0) is 36.4 Å². The second kappa shape index (κ2) is 8.23. The fraction of sp³-hybridized carbons (Fsp3) is 0.0400. The van der Waals surface area contributed by atoms with Crippen molar-refractivity contribution < 1.29 is 18.8 Å². The summed E-state index contributed by atoms with van der Waals surface area (Å²) < 4.78 is 29.7. The number of aliphatic imine (C=N–C) groups is 1. The smallest absolute Gasteiger partial charge is 0.335 e. The molecule has 2 heterocycles. The first-order valence-electron chi connectivity index (χ1n) is 10.1. The number of hydrogen-bond acceptors (Lipinski definition) is 5. The zero-order valence-electron chi connectivity index (χ0n) is 17.1. The van der Waals surface area contributed by atoms with Crippen molar-refractivity contribution >= 4 is 23.3 Å². The molecule has 0 aliphatic carbocycles. The number of carboxylic acid groups (broad SMARTS) is 1. The van der Waals surface area contributed by atoms with E-state index in [9.17, 15) is 9.18 Å². The minimum Gasteiger partial charge on any atom is -0.478 e. The SMILES string of the molecule is O=C(O)c1ccc(N(F)c2ncc3c(n2)-c2ccccc2C(c2ccccc2F)=NC3)cc1. The van der Waals surface area contributed by atoms with E-state index >= 15 is 4.48 Å². The van der Waals surface area contributed by atoms with E-state index < -0.39 is 5.97 Å². The zero-order chi connectivity index (χ0) is 22.9. The van der Waals surface area contributed by atoms with Crippen molar-refractivity contribution in [3.05, 3.63) is 107 Å². The molecule has 6 nitrogen and oxygen atoms in total. The standard InChI is InChI=1S/C25H16F2N4O2/c26-21-8-4-3-7-20(21)23-19-6-2-1-5-18(19)22-16(13-28-23)14-29-25(30-22)31(27)17-11-9-15(10-12-17)24(32)33/h1-12,14H,13H2,(H,32,33). The summed E-state index contributed by atoms with van der Waals surface area (Å²) >= 11 is 0. The van der Waals surface area contributed by atoms with Gasteiger partial charge in [0.25, 0.3) is 5.95 Å². The number of carboxylic acids is 1. The van der Waals surface area contributed by atoms with E-state index in [4.69, 9.17) is 5.11 Å². The van der Waals surface area contributed by atoms with Crippen LogP contribution in [0, 0.1) is 5.82 Å². The predicted octanol–water partition coefficient (Wildman–Crippen LogP) is 5.35. The zero-order valence-corrected chi connectivity index (χ0v) is 17.1. The minimum atomic E-state index is -1.10. The third kappa shape index (κ3) is 3.71. The van der Waals surface area contributed by atoms with Gasteiger partial charge in [-0.25, -0.2) is 19.2 Å². The Balaban J connectivity index is 1.58. The summed E-state index contributed by atoms with van der Waals surface area (Å²) in [6.07, 6.45) is 1.50. The number of anilines is 2. The van der Waals surface area contributed by atoms with E-state index in [1.54, 1.807) is 18.2 Å². The number of fused-ring (bicyclic) bond motifs is 3. The van der Waals surface area contributed by atoms with Crippen molar-refractivity contribution in [1.82, 2.24) is 9.97 Å². The summed E-state index contributed by atoms with van der Waals surface area (Å²) in [4.78, 5) is 24.3. The molecular weight excluding hydrogens is 426 g/mol. The highest BCUT2D eigenvalue weighted by Crippen LogP contribution is 2.33. The average molecular weight is 442 g/mol. The molecule has 1 aromatic heterocycles. The monoisotopic (exact) mass is 442 g/mol. The average Bonchev–Trinajstić information content (AvgIpc) is 3.01. The first-order chi connectivity index (χ1) is 16.0. The van der Waals surface area contributed by atoms with Crippen LogP contribution in [0.1, 0.15) is 27.0 Å². The molecule has 5 rings (SSSR count). The van der Waals surface area contributed by atoms with Gasteiger partial charge in [-0.15, -0.1) is 5.12 Å². The summed E-state index contributed by atoms with van der Waals surface area (Å²) in [6, 6.07) is 19.0. The number of hydrogen-bond donors (Lipinski definition) is 1. The molecule has 0 radical (unpaired) electrons. The fourth-order valence-electron chi connectivity index (χ4n) is 3.72. The van der Waals surface area contributed by atoms with Gasteiger partial charge in [0.1, 0.15) is 5.82 Å². The van der Waals surface area contributed by atoms with Crippen LogP contribution in [0.15, 0.2) is 84.0 Å². The molecule has 0 bridgehead atoms. The molecule has 0 spiro atoms. The number of nitrogens with zero attached hydrogens (tertiary/aromatic N) is 4. The van der Waals surface area contributed by atoms with Gasteiger partial charge < -0.3 is 5.11 Å². The maximum atomic E-state index is 15.1. The summed E-state index contributed by atoms with van der Waals surface area (Å²) in [5.41, 5.74) is 3.53. The molecule has 0 amide bonds. The molecule has 1 aliphatic rings. The number of halogens is 2. The predicted molar refractivity (Wildman–Crippen MR) is 120 cm³/mol. The molecule has 1 N–H and O–H groups in total. The normalized spacial score (nSPS) is 12.2. The van der Waals surface area contributed by atoms with Crippen LogP contribution in [0.5, 0.6) is 0 Å². The van der Waals surface area contributed by atoms with Crippen LogP contribution >= 0.6 is 0 Å². The molecule has 162 valence electrons. The number of aromatic nitrogens is 2. The molecule has 1 aliphatic heterocycles. The van der Waals surface area contributed by atoms with E-state index in [1.165, 1.54) is 36.5 Å². The van der Waals surface area contributed by atoms with Gasteiger partial charge >= 0.3 is 5.97 Å². The van der Waals surface area contributed by atoms with Crippen molar-refractivity contribution in [2.24, 2.45) is 4.99 Å². The first-order valence-corrected chi connectivity index (χ1v) is 10.1. The van der Waals surface area contributed by atoms with Crippen LogP contribution in [0.2, 0.25) is 0 Å². The topological polar surface area (TPSA) is 78.7 Å². The number of aromatic carboxylic acids is 1. The Morgan fingerprint density at radius 2 is 1.58 bits per heavy atom. The lowest BCUT2D eigenvalue weighted by Gasteiger charge is -2.15. The van der Waals surface area contributed by atoms with Crippen LogP contribution < -0.4 is 5.12 Å². The van der Waals surface area contributed by atoms with Crippen molar-refractivity contribution in [2.45, 2.75) is 6.54 Å². The summed E-state index contributed by atoms with van der Waals surface area (Å²) in [5, 5.41) is 9.33. The maximum absolute atomic E-state index is 15.1. The highest BCUT2D eigenvalue weighted by molar-refractivity contribution is 6.16. The van der Waals surface area contributed by atoms with E-state index in [-0.39, 0.29) is 34.7 Å². The van der Waals surface area contributed by atoms with Gasteiger partial charge in [-0.1, -0.05) is 40.9 Å². The van der Waals surface area contributed by atoms with Crippen molar-refractivity contribution in [1.29, 1.82) is 0 Å². The molecule has 3 aromatic carbocycles. The number of benzene rings is 3. The van der Waals surface area contributed by atoms with Gasteiger partial charge in [-0.3, -0.25) is 4.99 Å². The van der Waals surface area contributed by atoms with E-state index in [0.29, 0.717) is 33.7 Å². The molecule has 33 heavy (non-hydrogen) atoms. The first kappa shape index (κ1) is 20.4. The Morgan fingerprint density at radius 1 is 0.909 bits per heavy atom.